The van der Waals surface area contributed by atoms with E-state index in [0.717, 1.165) is 28.5 Å². The predicted octanol–water partition coefficient (Wildman–Crippen LogP) is 3.56. The molecular weight excluding hydrogens is 412 g/mol. The van der Waals surface area contributed by atoms with Crippen LogP contribution in [0.1, 0.15) is 11.4 Å². The van der Waals surface area contributed by atoms with Crippen molar-refractivity contribution in [2.75, 3.05) is 18.2 Å². The molecule has 4 aromatic rings. The third-order valence-electron chi connectivity index (χ3n) is 4.60. The second-order valence-corrected chi connectivity index (χ2v) is 7.74. The number of aromatic nitrogens is 5. The quantitative estimate of drug-likeness (QED) is 0.427. The first-order valence-corrected chi connectivity index (χ1v) is 10.7. The summed E-state index contributed by atoms with van der Waals surface area (Å²) in [6.07, 6.45) is 3.67. The zero-order valence-corrected chi connectivity index (χ0v) is 18.0. The normalized spacial score (nSPS) is 10.8. The van der Waals surface area contributed by atoms with Gasteiger partial charge in [-0.1, -0.05) is 23.9 Å². The molecular formula is C22H22N6O2S. The molecule has 0 saturated carbocycles. The Morgan fingerprint density at radius 2 is 1.87 bits per heavy atom. The summed E-state index contributed by atoms with van der Waals surface area (Å²) in [6, 6.07) is 17.3. The maximum atomic E-state index is 12.4. The number of thioether (sulfide) groups is 1. The van der Waals surface area contributed by atoms with Gasteiger partial charge in [0.25, 0.3) is 0 Å². The molecule has 0 radical (unpaired) electrons. The molecule has 0 atom stereocenters. The van der Waals surface area contributed by atoms with Gasteiger partial charge in [0.1, 0.15) is 11.6 Å². The lowest BCUT2D eigenvalue weighted by Crippen LogP contribution is -2.14. The number of nitrogens with one attached hydrogen (secondary N) is 1. The largest absolute Gasteiger partial charge is 0.497 e. The van der Waals surface area contributed by atoms with Gasteiger partial charge >= 0.3 is 0 Å². The minimum Gasteiger partial charge on any atom is -0.497 e. The fourth-order valence-corrected chi connectivity index (χ4v) is 3.86. The van der Waals surface area contributed by atoms with E-state index in [1.807, 2.05) is 77.0 Å². The molecule has 0 aliphatic rings. The molecule has 2 heterocycles. The number of hydrogen-bond acceptors (Lipinski definition) is 6. The van der Waals surface area contributed by atoms with Crippen LogP contribution >= 0.6 is 11.8 Å². The van der Waals surface area contributed by atoms with E-state index in [1.165, 1.54) is 11.8 Å². The van der Waals surface area contributed by atoms with E-state index >= 15 is 0 Å². The Bertz CT molecular complexity index is 1140. The van der Waals surface area contributed by atoms with E-state index in [1.54, 1.807) is 13.3 Å². The number of carbonyl (C=O) groups excluding carboxylic acids is 1. The molecule has 0 spiro atoms. The fraction of sp³-hybridized carbons (Fsp3) is 0.182. The van der Waals surface area contributed by atoms with Gasteiger partial charge in [-0.3, -0.25) is 14.0 Å². The summed E-state index contributed by atoms with van der Waals surface area (Å²) in [5.41, 5.74) is 2.78. The van der Waals surface area contributed by atoms with Gasteiger partial charge in [-0.05, 0) is 55.0 Å². The number of amides is 1. The van der Waals surface area contributed by atoms with E-state index < -0.39 is 0 Å². The highest BCUT2D eigenvalue weighted by Gasteiger charge is 2.14. The summed E-state index contributed by atoms with van der Waals surface area (Å²) in [5.74, 6) is 1.65. The Morgan fingerprint density at radius 1 is 1.10 bits per heavy atom. The summed E-state index contributed by atoms with van der Waals surface area (Å²) >= 11 is 1.34. The van der Waals surface area contributed by atoms with Crippen LogP contribution in [-0.4, -0.2) is 43.3 Å². The number of nitrogens with zero attached hydrogens (tertiary/aromatic N) is 5. The molecule has 0 aliphatic heterocycles. The van der Waals surface area contributed by atoms with Crippen LogP contribution in [0.5, 0.6) is 5.75 Å². The highest BCUT2D eigenvalue weighted by molar-refractivity contribution is 7.99. The van der Waals surface area contributed by atoms with Crippen molar-refractivity contribution in [3.8, 4) is 11.4 Å². The molecule has 0 bridgehead atoms. The number of aryl methyl sites for hydroxylation is 1. The lowest BCUT2D eigenvalue weighted by Gasteiger charge is -2.10. The first-order valence-electron chi connectivity index (χ1n) is 9.68. The second kappa shape index (κ2) is 9.48. The van der Waals surface area contributed by atoms with Crippen LogP contribution < -0.4 is 10.1 Å². The maximum absolute atomic E-state index is 12.4. The molecule has 4 rings (SSSR count). The van der Waals surface area contributed by atoms with Crippen molar-refractivity contribution < 1.29 is 9.53 Å². The van der Waals surface area contributed by atoms with Crippen molar-refractivity contribution in [1.82, 2.24) is 24.5 Å². The summed E-state index contributed by atoms with van der Waals surface area (Å²) < 4.78 is 8.98. The van der Waals surface area contributed by atoms with E-state index in [2.05, 4.69) is 20.6 Å². The summed E-state index contributed by atoms with van der Waals surface area (Å²) in [4.78, 5) is 12.4. The Kier molecular flexibility index (Phi) is 6.32. The highest BCUT2D eigenvalue weighted by Crippen LogP contribution is 2.23. The van der Waals surface area contributed by atoms with Crippen molar-refractivity contribution in [2.45, 2.75) is 18.6 Å². The van der Waals surface area contributed by atoms with E-state index in [4.69, 9.17) is 4.74 Å². The zero-order valence-electron chi connectivity index (χ0n) is 17.2. The second-order valence-electron chi connectivity index (χ2n) is 6.80. The monoisotopic (exact) mass is 434 g/mol. The fourth-order valence-electron chi connectivity index (χ4n) is 3.07. The van der Waals surface area contributed by atoms with Crippen LogP contribution in [0.4, 0.5) is 5.69 Å². The summed E-state index contributed by atoms with van der Waals surface area (Å²) in [6.45, 7) is 2.57. The standard InChI is InChI=1S/C22H22N6O2S/c1-16-25-26-22(28(16)19-8-10-20(30-2)11-9-19)31-15-21(29)24-18-6-4-17(5-7-18)14-27-13-3-12-23-27/h3-13H,14-15H2,1-2H3,(H,24,29). The number of hydrogen-bond donors (Lipinski definition) is 1. The summed E-state index contributed by atoms with van der Waals surface area (Å²) in [7, 11) is 1.63. The SMILES string of the molecule is COc1ccc(-n2c(C)nnc2SCC(=O)Nc2ccc(Cn3cccn3)cc2)cc1. The van der Waals surface area contributed by atoms with Gasteiger partial charge in [-0.25, -0.2) is 0 Å². The Morgan fingerprint density at radius 3 is 2.55 bits per heavy atom. The molecule has 0 unspecified atom stereocenters. The van der Waals surface area contributed by atoms with Crippen molar-refractivity contribution in [3.05, 3.63) is 78.4 Å². The van der Waals surface area contributed by atoms with E-state index in [-0.39, 0.29) is 11.7 Å². The van der Waals surface area contributed by atoms with Gasteiger partial charge < -0.3 is 10.1 Å². The van der Waals surface area contributed by atoms with E-state index in [0.29, 0.717) is 11.7 Å². The van der Waals surface area contributed by atoms with Crippen LogP contribution in [0.2, 0.25) is 0 Å². The number of anilines is 1. The third kappa shape index (κ3) is 5.13. The van der Waals surface area contributed by atoms with Gasteiger partial charge in [-0.2, -0.15) is 5.10 Å². The first kappa shape index (κ1) is 20.7. The van der Waals surface area contributed by atoms with Crippen molar-refractivity contribution in [1.29, 1.82) is 0 Å². The molecule has 31 heavy (non-hydrogen) atoms. The predicted molar refractivity (Wildman–Crippen MR) is 120 cm³/mol. The minimum absolute atomic E-state index is 0.105. The van der Waals surface area contributed by atoms with Crippen LogP contribution in [-0.2, 0) is 11.3 Å². The summed E-state index contributed by atoms with van der Waals surface area (Å²) in [5, 5.41) is 16.2. The average molecular weight is 435 g/mol. The number of carbonyl (C=O) groups is 1. The highest BCUT2D eigenvalue weighted by atomic mass is 32.2. The van der Waals surface area contributed by atoms with Gasteiger partial charge in [-0.15, -0.1) is 10.2 Å². The molecule has 2 aromatic carbocycles. The zero-order chi connectivity index (χ0) is 21.6. The molecule has 0 fully saturated rings. The van der Waals surface area contributed by atoms with Crippen molar-refractivity contribution >= 4 is 23.4 Å². The lowest BCUT2D eigenvalue weighted by atomic mass is 10.2. The minimum atomic E-state index is -0.105. The number of benzene rings is 2. The van der Waals surface area contributed by atoms with Gasteiger partial charge in [0.2, 0.25) is 5.91 Å². The molecule has 8 nitrogen and oxygen atoms in total. The number of ether oxygens (including phenoxy) is 1. The van der Waals surface area contributed by atoms with Crippen molar-refractivity contribution in [3.63, 3.8) is 0 Å². The van der Waals surface area contributed by atoms with Crippen LogP contribution in [0, 0.1) is 6.92 Å². The topological polar surface area (TPSA) is 86.9 Å². The van der Waals surface area contributed by atoms with E-state index in [9.17, 15) is 4.79 Å². The van der Waals surface area contributed by atoms with Gasteiger partial charge in [0.05, 0.1) is 19.4 Å². The molecule has 0 saturated heterocycles. The van der Waals surface area contributed by atoms with Crippen molar-refractivity contribution in [2.24, 2.45) is 0 Å². The molecule has 1 amide bonds. The maximum Gasteiger partial charge on any atom is 0.234 e. The van der Waals surface area contributed by atoms with Crippen LogP contribution in [0.3, 0.4) is 0 Å². The molecule has 158 valence electrons. The number of rotatable bonds is 8. The molecule has 9 heteroatoms. The molecule has 2 aromatic heterocycles. The van der Waals surface area contributed by atoms with Gasteiger partial charge in [0, 0.05) is 23.8 Å². The average Bonchev–Trinajstić information content (AvgIpc) is 3.43. The number of methoxy groups -OCH3 is 1. The first-order chi connectivity index (χ1) is 15.1. The Hall–Kier alpha value is -3.59. The molecule has 1 N–H and O–H groups in total. The van der Waals surface area contributed by atoms with Crippen LogP contribution in [0.15, 0.2) is 72.1 Å². The third-order valence-corrected chi connectivity index (χ3v) is 5.53. The van der Waals surface area contributed by atoms with Gasteiger partial charge in [0.15, 0.2) is 5.16 Å². The van der Waals surface area contributed by atoms with Crippen LogP contribution in [0.25, 0.3) is 5.69 Å². The Balaban J connectivity index is 1.36. The lowest BCUT2D eigenvalue weighted by molar-refractivity contribution is -0.113. The Labute approximate surface area is 184 Å². The smallest absolute Gasteiger partial charge is 0.234 e. The molecule has 0 aliphatic carbocycles.